The monoisotopic (exact) mass is 323 g/mol. The van der Waals surface area contributed by atoms with Gasteiger partial charge >= 0.3 is 0 Å². The summed E-state index contributed by atoms with van der Waals surface area (Å²) in [6.07, 6.45) is 10.5. The van der Waals surface area contributed by atoms with E-state index in [0.717, 1.165) is 37.8 Å². The third kappa shape index (κ3) is 6.07. The zero-order valence-electron chi connectivity index (χ0n) is 14.2. The van der Waals surface area contributed by atoms with Crippen molar-refractivity contribution in [1.82, 2.24) is 5.32 Å². The second-order valence-corrected chi connectivity index (χ2v) is 6.49. The van der Waals surface area contributed by atoms with E-state index in [9.17, 15) is 9.59 Å². The number of carbonyl (C=O) groups excluding carboxylic acids is 2. The molecular formula is C18H29NO4. The van der Waals surface area contributed by atoms with Crippen molar-refractivity contribution in [3.8, 4) is 0 Å². The number of carbonyl (C=O) groups is 2. The summed E-state index contributed by atoms with van der Waals surface area (Å²) >= 11 is 0. The Balaban J connectivity index is 1.81. The van der Waals surface area contributed by atoms with Gasteiger partial charge in [0.1, 0.15) is 0 Å². The highest BCUT2D eigenvalue weighted by atomic mass is 16.7. The number of unbranched alkanes of at least 4 members (excludes halogenated alkanes) is 4. The van der Waals surface area contributed by atoms with E-state index in [1.807, 2.05) is 0 Å². The quantitative estimate of drug-likeness (QED) is 0.662. The Morgan fingerprint density at radius 2 is 1.91 bits per heavy atom. The van der Waals surface area contributed by atoms with Crippen molar-refractivity contribution in [3.05, 3.63) is 11.8 Å². The summed E-state index contributed by atoms with van der Waals surface area (Å²) in [7, 11) is 0. The molecule has 1 N–H and O–H groups in total. The van der Waals surface area contributed by atoms with Gasteiger partial charge in [0.15, 0.2) is 11.6 Å². The Kier molecular flexibility index (Phi) is 7.24. The SMILES string of the molecule is CCCCCCCC1(CC(=O)NC2=CC(=O)CCC2)OCCO1. The van der Waals surface area contributed by atoms with Gasteiger partial charge in [0, 0.05) is 24.6 Å². The molecular weight excluding hydrogens is 294 g/mol. The van der Waals surface area contributed by atoms with Crippen molar-refractivity contribution in [2.45, 2.75) is 76.9 Å². The van der Waals surface area contributed by atoms with Crippen molar-refractivity contribution >= 4 is 11.7 Å². The zero-order valence-corrected chi connectivity index (χ0v) is 14.2. The number of hydrogen-bond donors (Lipinski definition) is 1. The van der Waals surface area contributed by atoms with Crippen LogP contribution in [0, 0.1) is 0 Å². The Bertz CT molecular complexity index is 438. The zero-order chi connectivity index (χ0) is 16.5. The summed E-state index contributed by atoms with van der Waals surface area (Å²) in [6.45, 7) is 3.28. The normalized spacial score (nSPS) is 20.4. The summed E-state index contributed by atoms with van der Waals surface area (Å²) in [4.78, 5) is 23.7. The predicted octanol–water partition coefficient (Wildman–Crippen LogP) is 3.23. The molecule has 1 fully saturated rings. The van der Waals surface area contributed by atoms with Crippen LogP contribution in [0.2, 0.25) is 0 Å². The first-order valence-corrected chi connectivity index (χ1v) is 8.95. The van der Waals surface area contributed by atoms with Crippen molar-refractivity contribution in [2.24, 2.45) is 0 Å². The average molecular weight is 323 g/mol. The Hall–Kier alpha value is -1.20. The number of ether oxygens (including phenoxy) is 2. The van der Waals surface area contributed by atoms with E-state index in [1.54, 1.807) is 6.08 Å². The molecule has 0 bridgehead atoms. The molecule has 1 heterocycles. The largest absolute Gasteiger partial charge is 0.347 e. The van der Waals surface area contributed by atoms with Gasteiger partial charge in [-0.3, -0.25) is 9.59 Å². The summed E-state index contributed by atoms with van der Waals surface area (Å²) in [5.74, 6) is -0.804. The predicted molar refractivity (Wildman–Crippen MR) is 87.7 cm³/mol. The summed E-state index contributed by atoms with van der Waals surface area (Å²) in [5, 5.41) is 2.85. The number of allylic oxidation sites excluding steroid dienone is 2. The van der Waals surface area contributed by atoms with Gasteiger partial charge in [0.05, 0.1) is 19.6 Å². The molecule has 0 aromatic rings. The molecule has 0 aromatic heterocycles. The lowest BCUT2D eigenvalue weighted by atomic mass is 10.0. The molecule has 0 spiro atoms. The Morgan fingerprint density at radius 3 is 2.61 bits per heavy atom. The molecule has 0 radical (unpaired) electrons. The number of rotatable bonds is 9. The molecule has 0 atom stereocenters. The maximum absolute atomic E-state index is 12.3. The van der Waals surface area contributed by atoms with Crippen LogP contribution < -0.4 is 5.32 Å². The van der Waals surface area contributed by atoms with E-state index in [1.165, 1.54) is 19.3 Å². The molecule has 0 saturated carbocycles. The van der Waals surface area contributed by atoms with Crippen LogP contribution in [0.1, 0.15) is 71.1 Å². The van der Waals surface area contributed by atoms with Crippen molar-refractivity contribution in [3.63, 3.8) is 0 Å². The van der Waals surface area contributed by atoms with E-state index in [0.29, 0.717) is 19.6 Å². The molecule has 2 aliphatic rings. The molecule has 5 nitrogen and oxygen atoms in total. The number of hydrogen-bond acceptors (Lipinski definition) is 4. The Morgan fingerprint density at radius 1 is 1.17 bits per heavy atom. The second kappa shape index (κ2) is 9.18. The van der Waals surface area contributed by atoms with Crippen molar-refractivity contribution < 1.29 is 19.1 Å². The summed E-state index contributed by atoms with van der Waals surface area (Å²) < 4.78 is 11.5. The average Bonchev–Trinajstić information content (AvgIpc) is 2.95. The van der Waals surface area contributed by atoms with Crippen LogP contribution in [0.25, 0.3) is 0 Å². The van der Waals surface area contributed by atoms with Crippen LogP contribution in [0.5, 0.6) is 0 Å². The standard InChI is InChI=1S/C18H29NO4/c1-2-3-4-5-6-10-18(22-11-12-23-18)14-17(21)19-15-8-7-9-16(20)13-15/h13H,2-12,14H2,1H3,(H,19,21). The topological polar surface area (TPSA) is 64.6 Å². The van der Waals surface area contributed by atoms with Crippen LogP contribution in [0.15, 0.2) is 11.8 Å². The second-order valence-electron chi connectivity index (χ2n) is 6.49. The molecule has 1 aliphatic heterocycles. The number of nitrogens with one attached hydrogen (secondary N) is 1. The maximum atomic E-state index is 12.3. The minimum atomic E-state index is -0.768. The van der Waals surface area contributed by atoms with E-state index >= 15 is 0 Å². The highest BCUT2D eigenvalue weighted by Crippen LogP contribution is 2.30. The van der Waals surface area contributed by atoms with Crippen LogP contribution in [-0.4, -0.2) is 30.7 Å². The van der Waals surface area contributed by atoms with Crippen LogP contribution in [0.3, 0.4) is 0 Å². The first-order chi connectivity index (χ1) is 11.1. The van der Waals surface area contributed by atoms with Gasteiger partial charge in [-0.1, -0.05) is 32.6 Å². The van der Waals surface area contributed by atoms with Gasteiger partial charge in [0.25, 0.3) is 0 Å². The molecule has 130 valence electrons. The van der Waals surface area contributed by atoms with Gasteiger partial charge in [-0.25, -0.2) is 0 Å². The maximum Gasteiger partial charge on any atom is 0.229 e. The fourth-order valence-electron chi connectivity index (χ4n) is 3.19. The first-order valence-electron chi connectivity index (χ1n) is 8.95. The van der Waals surface area contributed by atoms with E-state index in [4.69, 9.17) is 9.47 Å². The smallest absolute Gasteiger partial charge is 0.229 e. The summed E-state index contributed by atoms with van der Waals surface area (Å²) in [6, 6.07) is 0. The van der Waals surface area contributed by atoms with Gasteiger partial charge < -0.3 is 14.8 Å². The van der Waals surface area contributed by atoms with Crippen LogP contribution >= 0.6 is 0 Å². The van der Waals surface area contributed by atoms with Gasteiger partial charge in [-0.2, -0.15) is 0 Å². The molecule has 2 rings (SSSR count). The minimum absolute atomic E-state index is 0.0885. The van der Waals surface area contributed by atoms with Crippen LogP contribution in [0.4, 0.5) is 0 Å². The molecule has 0 unspecified atom stereocenters. The lowest BCUT2D eigenvalue weighted by Crippen LogP contribution is -2.38. The van der Waals surface area contributed by atoms with Gasteiger partial charge in [0.2, 0.25) is 5.91 Å². The molecule has 0 aromatic carbocycles. The molecule has 1 amide bonds. The summed E-state index contributed by atoms with van der Waals surface area (Å²) in [5.41, 5.74) is 0.724. The Labute approximate surface area is 138 Å². The third-order valence-electron chi connectivity index (χ3n) is 4.41. The third-order valence-corrected chi connectivity index (χ3v) is 4.41. The molecule has 1 aliphatic carbocycles. The van der Waals surface area contributed by atoms with Crippen molar-refractivity contribution in [2.75, 3.05) is 13.2 Å². The van der Waals surface area contributed by atoms with E-state index in [-0.39, 0.29) is 18.1 Å². The van der Waals surface area contributed by atoms with Crippen LogP contribution in [-0.2, 0) is 19.1 Å². The van der Waals surface area contributed by atoms with E-state index < -0.39 is 5.79 Å². The highest BCUT2D eigenvalue weighted by Gasteiger charge is 2.38. The highest BCUT2D eigenvalue weighted by molar-refractivity contribution is 5.92. The number of ketones is 1. The fraction of sp³-hybridized carbons (Fsp3) is 0.778. The van der Waals surface area contributed by atoms with E-state index in [2.05, 4.69) is 12.2 Å². The molecule has 1 saturated heterocycles. The minimum Gasteiger partial charge on any atom is -0.347 e. The molecule has 23 heavy (non-hydrogen) atoms. The van der Waals surface area contributed by atoms with Gasteiger partial charge in [-0.05, 0) is 19.3 Å². The van der Waals surface area contributed by atoms with Crippen molar-refractivity contribution in [1.29, 1.82) is 0 Å². The number of amides is 1. The van der Waals surface area contributed by atoms with Gasteiger partial charge in [-0.15, -0.1) is 0 Å². The fourth-order valence-corrected chi connectivity index (χ4v) is 3.19. The molecule has 5 heteroatoms. The lowest BCUT2D eigenvalue weighted by molar-refractivity contribution is -0.174. The lowest BCUT2D eigenvalue weighted by Gasteiger charge is -2.27. The first kappa shape index (κ1) is 18.1.